The maximum absolute atomic E-state index is 5.72. The van der Waals surface area contributed by atoms with Gasteiger partial charge in [-0.1, -0.05) is 0 Å². The summed E-state index contributed by atoms with van der Waals surface area (Å²) in [6, 6.07) is 3.35. The van der Waals surface area contributed by atoms with Crippen molar-refractivity contribution >= 4 is 11.6 Å². The van der Waals surface area contributed by atoms with Gasteiger partial charge in [0, 0.05) is 18.3 Å². The third kappa shape index (κ3) is 3.46. The minimum absolute atomic E-state index is 0.263. The van der Waals surface area contributed by atoms with E-state index in [4.69, 9.17) is 30.5 Å². The van der Waals surface area contributed by atoms with Gasteiger partial charge in [0.15, 0.2) is 11.5 Å². The normalized spacial score (nSPS) is 10.1. The van der Waals surface area contributed by atoms with Crippen LogP contribution in [0.4, 0.5) is 0 Å². The topological polar surface area (TPSA) is 62.7 Å². The zero-order chi connectivity index (χ0) is 15.2. The molecule has 0 aliphatic rings. The Labute approximate surface area is 127 Å². The fraction of sp³-hybridized carbons (Fsp3) is 0.286. The molecule has 0 aliphatic heterocycles. The number of halogens is 1. The highest BCUT2D eigenvalue weighted by Crippen LogP contribution is 2.41. The number of nitrogens with zero attached hydrogens (tertiary/aromatic N) is 2. The highest BCUT2D eigenvalue weighted by Gasteiger charge is 2.14. The summed E-state index contributed by atoms with van der Waals surface area (Å²) >= 11 is 5.72. The average Bonchev–Trinajstić information content (AvgIpc) is 2.53. The lowest BCUT2D eigenvalue weighted by Gasteiger charge is -2.14. The molecule has 0 spiro atoms. The van der Waals surface area contributed by atoms with E-state index < -0.39 is 0 Å². The monoisotopic (exact) mass is 310 g/mol. The van der Waals surface area contributed by atoms with Crippen molar-refractivity contribution in [2.75, 3.05) is 21.3 Å². The lowest BCUT2D eigenvalue weighted by molar-refractivity contribution is 0.320. The van der Waals surface area contributed by atoms with Gasteiger partial charge < -0.3 is 18.9 Å². The Kier molecular flexibility index (Phi) is 5.05. The van der Waals surface area contributed by atoms with Gasteiger partial charge in [-0.3, -0.25) is 4.98 Å². The predicted octanol–water partition coefficient (Wildman–Crippen LogP) is 3.03. The Morgan fingerprint density at radius 2 is 1.67 bits per heavy atom. The fourth-order valence-electron chi connectivity index (χ4n) is 1.74. The Balaban J connectivity index is 2.35. The molecule has 0 N–H and O–H groups in total. The fourth-order valence-corrected chi connectivity index (χ4v) is 1.87. The Bertz CT molecular complexity index is 597. The molecule has 112 valence electrons. The molecule has 7 heteroatoms. The molecule has 0 amide bonds. The standard InChI is InChI=1S/C14H15ClN2O4/c1-18-11-4-10(5-12(19-2)14(11)20-3)21-13-8-16-7-9(6-15)17-13/h4-5,7-8H,6H2,1-3H3. The quantitative estimate of drug-likeness (QED) is 0.764. The maximum atomic E-state index is 5.72. The van der Waals surface area contributed by atoms with Gasteiger partial charge in [0.05, 0.1) is 39.1 Å². The number of aromatic nitrogens is 2. The Hall–Kier alpha value is -2.21. The SMILES string of the molecule is COc1cc(Oc2cncc(CCl)n2)cc(OC)c1OC. The van der Waals surface area contributed by atoms with Crippen molar-refractivity contribution < 1.29 is 18.9 Å². The summed E-state index contributed by atoms with van der Waals surface area (Å²) in [5.41, 5.74) is 0.626. The van der Waals surface area contributed by atoms with E-state index >= 15 is 0 Å². The van der Waals surface area contributed by atoms with Crippen LogP contribution in [-0.2, 0) is 5.88 Å². The minimum Gasteiger partial charge on any atom is -0.493 e. The van der Waals surface area contributed by atoms with Crippen molar-refractivity contribution in [3.05, 3.63) is 30.2 Å². The summed E-state index contributed by atoms with van der Waals surface area (Å²) in [4.78, 5) is 8.22. The van der Waals surface area contributed by atoms with Crippen LogP contribution in [0.15, 0.2) is 24.5 Å². The molecular formula is C14H15ClN2O4. The van der Waals surface area contributed by atoms with Gasteiger partial charge in [0.2, 0.25) is 11.6 Å². The van der Waals surface area contributed by atoms with Crippen molar-refractivity contribution in [3.8, 4) is 28.9 Å². The van der Waals surface area contributed by atoms with Gasteiger partial charge in [0.25, 0.3) is 0 Å². The zero-order valence-electron chi connectivity index (χ0n) is 11.9. The number of hydrogen-bond acceptors (Lipinski definition) is 6. The van der Waals surface area contributed by atoms with Crippen molar-refractivity contribution in [2.45, 2.75) is 5.88 Å². The average molecular weight is 311 g/mol. The summed E-state index contributed by atoms with van der Waals surface area (Å²) < 4.78 is 21.4. The van der Waals surface area contributed by atoms with E-state index in [-0.39, 0.29) is 5.88 Å². The van der Waals surface area contributed by atoms with Gasteiger partial charge in [-0.05, 0) is 0 Å². The molecule has 0 bridgehead atoms. The van der Waals surface area contributed by atoms with Crippen LogP contribution in [-0.4, -0.2) is 31.3 Å². The smallest absolute Gasteiger partial charge is 0.238 e. The van der Waals surface area contributed by atoms with Crippen LogP contribution in [0.25, 0.3) is 0 Å². The van der Waals surface area contributed by atoms with Gasteiger partial charge in [-0.25, -0.2) is 4.98 Å². The molecule has 0 saturated carbocycles. The second kappa shape index (κ2) is 6.99. The highest BCUT2D eigenvalue weighted by atomic mass is 35.5. The van der Waals surface area contributed by atoms with Gasteiger partial charge >= 0.3 is 0 Å². The van der Waals surface area contributed by atoms with E-state index in [1.807, 2.05) is 0 Å². The number of ether oxygens (including phenoxy) is 4. The molecule has 0 atom stereocenters. The van der Waals surface area contributed by atoms with E-state index in [9.17, 15) is 0 Å². The van der Waals surface area contributed by atoms with Crippen molar-refractivity contribution in [1.82, 2.24) is 9.97 Å². The number of rotatable bonds is 6. The first-order valence-corrected chi connectivity index (χ1v) is 6.60. The van der Waals surface area contributed by atoms with Gasteiger partial charge in [0.1, 0.15) is 5.75 Å². The first kappa shape index (κ1) is 15.2. The number of alkyl halides is 1. The largest absolute Gasteiger partial charge is 0.493 e. The summed E-state index contributed by atoms with van der Waals surface area (Å²) in [5, 5.41) is 0. The predicted molar refractivity (Wildman–Crippen MR) is 77.8 cm³/mol. The van der Waals surface area contributed by atoms with Crippen molar-refractivity contribution in [3.63, 3.8) is 0 Å². The van der Waals surface area contributed by atoms with E-state index in [0.29, 0.717) is 34.6 Å². The van der Waals surface area contributed by atoms with Crippen LogP contribution in [0.1, 0.15) is 5.69 Å². The second-order valence-corrected chi connectivity index (χ2v) is 4.21. The van der Waals surface area contributed by atoms with E-state index in [2.05, 4.69) is 9.97 Å². The van der Waals surface area contributed by atoms with Crippen molar-refractivity contribution in [1.29, 1.82) is 0 Å². The van der Waals surface area contributed by atoms with Crippen LogP contribution < -0.4 is 18.9 Å². The third-order valence-corrected chi connectivity index (χ3v) is 2.93. The Morgan fingerprint density at radius 3 is 2.19 bits per heavy atom. The zero-order valence-corrected chi connectivity index (χ0v) is 12.7. The van der Waals surface area contributed by atoms with E-state index in [1.165, 1.54) is 27.5 Å². The van der Waals surface area contributed by atoms with Crippen LogP contribution >= 0.6 is 11.6 Å². The molecule has 1 heterocycles. The molecule has 0 fully saturated rings. The highest BCUT2D eigenvalue weighted by molar-refractivity contribution is 6.16. The molecular weight excluding hydrogens is 296 g/mol. The first-order valence-electron chi connectivity index (χ1n) is 6.06. The summed E-state index contributed by atoms with van der Waals surface area (Å²) in [6.45, 7) is 0. The summed E-state index contributed by atoms with van der Waals surface area (Å²) in [7, 11) is 4.61. The molecule has 1 aromatic carbocycles. The molecule has 2 rings (SSSR count). The number of methoxy groups -OCH3 is 3. The second-order valence-electron chi connectivity index (χ2n) is 3.95. The molecule has 6 nitrogen and oxygen atoms in total. The molecule has 1 aromatic heterocycles. The lowest BCUT2D eigenvalue weighted by Crippen LogP contribution is -1.97. The lowest BCUT2D eigenvalue weighted by atomic mass is 10.2. The third-order valence-electron chi connectivity index (χ3n) is 2.66. The first-order chi connectivity index (χ1) is 10.2. The van der Waals surface area contributed by atoms with Crippen LogP contribution in [0, 0.1) is 0 Å². The molecule has 21 heavy (non-hydrogen) atoms. The van der Waals surface area contributed by atoms with E-state index in [1.54, 1.807) is 18.3 Å². The molecule has 0 radical (unpaired) electrons. The molecule has 2 aromatic rings. The minimum atomic E-state index is 0.263. The number of hydrogen-bond donors (Lipinski definition) is 0. The molecule has 0 saturated heterocycles. The summed E-state index contributed by atoms with van der Waals surface area (Å²) in [6.07, 6.45) is 3.08. The summed E-state index contributed by atoms with van der Waals surface area (Å²) in [5.74, 6) is 2.57. The molecule has 0 unspecified atom stereocenters. The maximum Gasteiger partial charge on any atom is 0.238 e. The van der Waals surface area contributed by atoms with Crippen LogP contribution in [0.3, 0.4) is 0 Å². The van der Waals surface area contributed by atoms with E-state index in [0.717, 1.165) is 0 Å². The van der Waals surface area contributed by atoms with Crippen molar-refractivity contribution in [2.24, 2.45) is 0 Å². The van der Waals surface area contributed by atoms with Crippen LogP contribution in [0.5, 0.6) is 28.9 Å². The number of benzene rings is 1. The molecule has 0 aliphatic carbocycles. The van der Waals surface area contributed by atoms with Crippen LogP contribution in [0.2, 0.25) is 0 Å². The van der Waals surface area contributed by atoms with Gasteiger partial charge in [-0.2, -0.15) is 0 Å². The Morgan fingerprint density at radius 1 is 1.00 bits per heavy atom. The van der Waals surface area contributed by atoms with Gasteiger partial charge in [-0.15, -0.1) is 11.6 Å².